The molecular formula is C14H13Br2N. The Hall–Kier alpha value is -0.640. The second-order valence-corrected chi connectivity index (χ2v) is 5.73. The summed E-state index contributed by atoms with van der Waals surface area (Å²) in [6, 6.07) is 16.4. The van der Waals surface area contributed by atoms with Gasteiger partial charge in [-0.25, -0.2) is 0 Å². The topological polar surface area (TPSA) is 26.0 Å². The second kappa shape index (κ2) is 5.80. The van der Waals surface area contributed by atoms with Crippen LogP contribution in [0.15, 0.2) is 57.5 Å². The summed E-state index contributed by atoms with van der Waals surface area (Å²) in [6.45, 7) is 0. The highest BCUT2D eigenvalue weighted by Gasteiger charge is 2.10. The van der Waals surface area contributed by atoms with Crippen LogP contribution in [0.2, 0.25) is 0 Å². The first-order valence-electron chi connectivity index (χ1n) is 5.41. The highest BCUT2D eigenvalue weighted by Crippen LogP contribution is 2.27. The molecule has 0 radical (unpaired) electrons. The van der Waals surface area contributed by atoms with E-state index in [1.165, 1.54) is 5.56 Å². The van der Waals surface area contributed by atoms with Crippen LogP contribution in [-0.4, -0.2) is 0 Å². The van der Waals surface area contributed by atoms with Crippen LogP contribution >= 0.6 is 31.9 Å². The fourth-order valence-corrected chi connectivity index (χ4v) is 2.70. The molecule has 0 aliphatic heterocycles. The molecule has 0 bridgehead atoms. The van der Waals surface area contributed by atoms with Crippen molar-refractivity contribution < 1.29 is 0 Å². The lowest BCUT2D eigenvalue weighted by Crippen LogP contribution is -2.13. The molecule has 2 N–H and O–H groups in total. The Kier molecular flexibility index (Phi) is 4.37. The molecule has 0 fully saturated rings. The monoisotopic (exact) mass is 353 g/mol. The molecule has 0 heterocycles. The number of rotatable bonds is 3. The van der Waals surface area contributed by atoms with Crippen molar-refractivity contribution in [3.63, 3.8) is 0 Å². The molecule has 0 amide bonds. The van der Waals surface area contributed by atoms with E-state index in [-0.39, 0.29) is 6.04 Å². The second-order valence-electron chi connectivity index (χ2n) is 3.96. The van der Waals surface area contributed by atoms with Gasteiger partial charge in [-0.1, -0.05) is 62.2 Å². The number of hydrogen-bond acceptors (Lipinski definition) is 1. The molecule has 17 heavy (non-hydrogen) atoms. The summed E-state index contributed by atoms with van der Waals surface area (Å²) in [6.07, 6.45) is 0.843. The summed E-state index contributed by atoms with van der Waals surface area (Å²) in [7, 11) is 0. The predicted octanol–water partition coefficient (Wildman–Crippen LogP) is 4.45. The Morgan fingerprint density at radius 2 is 1.71 bits per heavy atom. The fourth-order valence-electron chi connectivity index (χ4n) is 1.78. The first kappa shape index (κ1) is 12.8. The third-order valence-electron chi connectivity index (χ3n) is 2.66. The highest BCUT2D eigenvalue weighted by atomic mass is 79.9. The zero-order valence-electron chi connectivity index (χ0n) is 9.24. The fraction of sp³-hybridized carbons (Fsp3) is 0.143. The van der Waals surface area contributed by atoms with Crippen LogP contribution in [0, 0.1) is 0 Å². The third-order valence-corrected chi connectivity index (χ3v) is 3.87. The summed E-state index contributed by atoms with van der Waals surface area (Å²) in [4.78, 5) is 0. The van der Waals surface area contributed by atoms with Crippen LogP contribution in [0.5, 0.6) is 0 Å². The number of halogens is 2. The smallest absolute Gasteiger partial charge is 0.0347 e. The van der Waals surface area contributed by atoms with Crippen LogP contribution in [0.1, 0.15) is 17.2 Å². The summed E-state index contributed by atoms with van der Waals surface area (Å²) in [5.74, 6) is 0. The molecule has 2 rings (SSSR count). The van der Waals surface area contributed by atoms with Crippen molar-refractivity contribution in [2.24, 2.45) is 5.73 Å². The lowest BCUT2D eigenvalue weighted by molar-refractivity contribution is 0.718. The van der Waals surface area contributed by atoms with Gasteiger partial charge >= 0.3 is 0 Å². The van der Waals surface area contributed by atoms with Crippen LogP contribution < -0.4 is 5.73 Å². The first-order chi connectivity index (χ1) is 8.16. The summed E-state index contributed by atoms with van der Waals surface area (Å²) in [5.41, 5.74) is 8.63. The normalized spacial score (nSPS) is 12.4. The molecular weight excluding hydrogens is 342 g/mol. The summed E-state index contributed by atoms with van der Waals surface area (Å²) < 4.78 is 2.11. The highest BCUT2D eigenvalue weighted by molar-refractivity contribution is 9.11. The van der Waals surface area contributed by atoms with Gasteiger partial charge in [0, 0.05) is 15.0 Å². The molecule has 1 nitrogen and oxygen atoms in total. The molecule has 1 atom stereocenters. The average Bonchev–Trinajstić information content (AvgIpc) is 2.33. The van der Waals surface area contributed by atoms with Crippen molar-refractivity contribution in [1.82, 2.24) is 0 Å². The van der Waals surface area contributed by atoms with Crippen molar-refractivity contribution in [2.45, 2.75) is 12.5 Å². The van der Waals surface area contributed by atoms with Gasteiger partial charge in [-0.15, -0.1) is 0 Å². The number of benzene rings is 2. The standard InChI is InChI=1S/C14H13Br2N/c15-11-6-7-13(16)12(9-11)14(17)8-10-4-2-1-3-5-10/h1-7,9,14H,8,17H2. The van der Waals surface area contributed by atoms with E-state index in [0.29, 0.717) is 0 Å². The molecule has 2 aromatic rings. The average molecular weight is 355 g/mol. The molecule has 0 spiro atoms. The largest absolute Gasteiger partial charge is 0.324 e. The van der Waals surface area contributed by atoms with Gasteiger partial charge < -0.3 is 5.73 Å². The quantitative estimate of drug-likeness (QED) is 0.865. The molecule has 88 valence electrons. The summed E-state index contributed by atoms with van der Waals surface area (Å²) in [5, 5.41) is 0. The Labute approximate surface area is 118 Å². The van der Waals surface area contributed by atoms with Crippen molar-refractivity contribution in [3.05, 3.63) is 68.6 Å². The maximum Gasteiger partial charge on any atom is 0.0347 e. The van der Waals surface area contributed by atoms with Crippen LogP contribution in [0.4, 0.5) is 0 Å². The van der Waals surface area contributed by atoms with Crippen molar-refractivity contribution >= 4 is 31.9 Å². The van der Waals surface area contributed by atoms with Gasteiger partial charge in [0.2, 0.25) is 0 Å². The lowest BCUT2D eigenvalue weighted by atomic mass is 10.00. The van der Waals surface area contributed by atoms with Gasteiger partial charge in [0.25, 0.3) is 0 Å². The number of nitrogens with two attached hydrogens (primary N) is 1. The van der Waals surface area contributed by atoms with E-state index in [9.17, 15) is 0 Å². The minimum absolute atomic E-state index is 0.00396. The van der Waals surface area contributed by atoms with Crippen LogP contribution in [-0.2, 0) is 6.42 Å². The number of hydrogen-bond donors (Lipinski definition) is 1. The van der Waals surface area contributed by atoms with Crippen molar-refractivity contribution in [1.29, 1.82) is 0 Å². The van der Waals surface area contributed by atoms with Gasteiger partial charge in [-0.05, 0) is 35.7 Å². The minimum Gasteiger partial charge on any atom is -0.324 e. The first-order valence-corrected chi connectivity index (χ1v) is 7.00. The van der Waals surface area contributed by atoms with Crippen LogP contribution in [0.25, 0.3) is 0 Å². The van der Waals surface area contributed by atoms with E-state index in [1.54, 1.807) is 0 Å². The summed E-state index contributed by atoms with van der Waals surface area (Å²) >= 11 is 7.02. The SMILES string of the molecule is NC(Cc1ccccc1)c1cc(Br)ccc1Br. The lowest BCUT2D eigenvalue weighted by Gasteiger charge is -2.14. The van der Waals surface area contributed by atoms with E-state index < -0.39 is 0 Å². The van der Waals surface area contributed by atoms with E-state index in [0.717, 1.165) is 20.9 Å². The third kappa shape index (κ3) is 3.41. The molecule has 3 heteroatoms. The minimum atomic E-state index is 0.00396. The molecule has 0 aliphatic carbocycles. The maximum absolute atomic E-state index is 6.25. The molecule has 1 unspecified atom stereocenters. The van der Waals surface area contributed by atoms with Crippen molar-refractivity contribution in [3.8, 4) is 0 Å². The zero-order chi connectivity index (χ0) is 12.3. The molecule has 0 saturated heterocycles. The van der Waals surface area contributed by atoms with E-state index in [2.05, 4.69) is 50.1 Å². The molecule has 0 saturated carbocycles. The van der Waals surface area contributed by atoms with E-state index in [4.69, 9.17) is 5.73 Å². The molecule has 0 aliphatic rings. The Bertz CT molecular complexity index is 497. The van der Waals surface area contributed by atoms with Gasteiger partial charge in [0.05, 0.1) is 0 Å². The predicted molar refractivity (Wildman–Crippen MR) is 78.9 cm³/mol. The van der Waals surface area contributed by atoms with E-state index in [1.807, 2.05) is 30.3 Å². The Morgan fingerprint density at radius 1 is 1.00 bits per heavy atom. The molecule has 0 aromatic heterocycles. The zero-order valence-corrected chi connectivity index (χ0v) is 12.4. The van der Waals surface area contributed by atoms with Crippen LogP contribution in [0.3, 0.4) is 0 Å². The van der Waals surface area contributed by atoms with Gasteiger partial charge in [0.1, 0.15) is 0 Å². The Balaban J connectivity index is 2.20. The van der Waals surface area contributed by atoms with Gasteiger partial charge in [-0.3, -0.25) is 0 Å². The maximum atomic E-state index is 6.25. The van der Waals surface area contributed by atoms with Gasteiger partial charge in [-0.2, -0.15) is 0 Å². The van der Waals surface area contributed by atoms with Gasteiger partial charge in [0.15, 0.2) is 0 Å². The van der Waals surface area contributed by atoms with E-state index >= 15 is 0 Å². The van der Waals surface area contributed by atoms with Crippen molar-refractivity contribution in [2.75, 3.05) is 0 Å². The Morgan fingerprint density at radius 3 is 2.41 bits per heavy atom. The molecule has 2 aromatic carbocycles.